The molecule has 0 N–H and O–H groups in total. The highest BCUT2D eigenvalue weighted by Crippen LogP contribution is 2.17. The van der Waals surface area contributed by atoms with Crippen molar-refractivity contribution in [2.45, 2.75) is 33.7 Å². The Morgan fingerprint density at radius 2 is 1.68 bits per heavy atom. The topological polar surface area (TPSA) is 84.5 Å². The van der Waals surface area contributed by atoms with Crippen LogP contribution >= 0.6 is 0 Å². The van der Waals surface area contributed by atoms with Crippen molar-refractivity contribution in [3.05, 3.63) is 70.4 Å². The van der Waals surface area contributed by atoms with Crippen LogP contribution in [0, 0.1) is 20.8 Å². The number of piperazine rings is 1. The fourth-order valence-electron chi connectivity index (χ4n) is 3.92. The highest BCUT2D eigenvalue weighted by atomic mass is 16.5. The van der Waals surface area contributed by atoms with Gasteiger partial charge in [-0.2, -0.15) is 5.10 Å². The number of rotatable bonds is 5. The van der Waals surface area contributed by atoms with Crippen molar-refractivity contribution in [3.8, 4) is 0 Å². The van der Waals surface area contributed by atoms with Crippen LogP contribution in [0.1, 0.15) is 38.6 Å². The van der Waals surface area contributed by atoms with Crippen molar-refractivity contribution in [2.75, 3.05) is 26.2 Å². The van der Waals surface area contributed by atoms with Gasteiger partial charge in [0.15, 0.2) is 0 Å². The van der Waals surface area contributed by atoms with Crippen LogP contribution in [0.2, 0.25) is 0 Å². The molecule has 0 spiro atoms. The summed E-state index contributed by atoms with van der Waals surface area (Å²) in [6.45, 7) is 8.27. The number of carbonyl (C=O) groups is 2. The van der Waals surface area contributed by atoms with Gasteiger partial charge in [0.25, 0.3) is 5.91 Å². The highest BCUT2D eigenvalue weighted by Gasteiger charge is 2.27. The molecule has 0 unspecified atom stereocenters. The van der Waals surface area contributed by atoms with Crippen molar-refractivity contribution in [3.63, 3.8) is 0 Å². The number of amides is 2. The van der Waals surface area contributed by atoms with E-state index in [0.717, 1.165) is 22.5 Å². The predicted octanol–water partition coefficient (Wildman–Crippen LogP) is 2.37. The molecule has 2 aromatic heterocycles. The van der Waals surface area contributed by atoms with Crippen LogP contribution in [0.15, 0.2) is 41.1 Å². The molecule has 3 heterocycles. The predicted molar refractivity (Wildman–Crippen MR) is 115 cm³/mol. The SMILES string of the molecule is Cc1noc(C)c1CC(=O)N1CCN(C(=O)c2cnn(Cc3ccccc3)c2C)CC1. The second-order valence-electron chi connectivity index (χ2n) is 7.94. The fraction of sp³-hybridized carbons (Fsp3) is 0.391. The molecule has 1 aromatic carbocycles. The molecule has 0 aliphatic carbocycles. The molecule has 4 rings (SSSR count). The van der Waals surface area contributed by atoms with Gasteiger partial charge in [-0.05, 0) is 26.3 Å². The summed E-state index contributed by atoms with van der Waals surface area (Å²) in [5.41, 5.74) is 4.21. The molecular weight excluding hydrogens is 394 g/mol. The Morgan fingerprint density at radius 1 is 1.00 bits per heavy atom. The molecule has 8 nitrogen and oxygen atoms in total. The van der Waals surface area contributed by atoms with Crippen LogP contribution < -0.4 is 0 Å². The van der Waals surface area contributed by atoms with Crippen molar-refractivity contribution in [1.29, 1.82) is 0 Å². The Hall–Kier alpha value is -3.42. The van der Waals surface area contributed by atoms with Gasteiger partial charge in [-0.25, -0.2) is 0 Å². The number of benzene rings is 1. The van der Waals surface area contributed by atoms with Gasteiger partial charge in [0, 0.05) is 37.4 Å². The zero-order chi connectivity index (χ0) is 22.0. The third kappa shape index (κ3) is 4.38. The van der Waals surface area contributed by atoms with E-state index in [9.17, 15) is 9.59 Å². The van der Waals surface area contributed by atoms with Gasteiger partial charge in [0.05, 0.1) is 30.4 Å². The molecule has 0 atom stereocenters. The first-order valence-corrected chi connectivity index (χ1v) is 10.5. The zero-order valence-corrected chi connectivity index (χ0v) is 18.2. The van der Waals surface area contributed by atoms with Crippen molar-refractivity contribution < 1.29 is 14.1 Å². The summed E-state index contributed by atoms with van der Waals surface area (Å²) in [7, 11) is 0. The summed E-state index contributed by atoms with van der Waals surface area (Å²) in [5.74, 6) is 0.686. The Morgan fingerprint density at radius 3 is 2.32 bits per heavy atom. The lowest BCUT2D eigenvalue weighted by Gasteiger charge is -2.34. The van der Waals surface area contributed by atoms with E-state index >= 15 is 0 Å². The second-order valence-corrected chi connectivity index (χ2v) is 7.94. The van der Waals surface area contributed by atoms with Crippen LogP contribution in [0.5, 0.6) is 0 Å². The molecule has 8 heteroatoms. The van der Waals surface area contributed by atoms with E-state index in [0.29, 0.717) is 44.0 Å². The van der Waals surface area contributed by atoms with Crippen molar-refractivity contribution in [2.24, 2.45) is 0 Å². The van der Waals surface area contributed by atoms with E-state index in [1.165, 1.54) is 0 Å². The van der Waals surface area contributed by atoms with Crippen LogP contribution in [0.3, 0.4) is 0 Å². The number of nitrogens with zero attached hydrogens (tertiary/aromatic N) is 5. The van der Waals surface area contributed by atoms with Gasteiger partial charge < -0.3 is 14.3 Å². The molecule has 0 radical (unpaired) electrons. The molecule has 1 aliphatic heterocycles. The lowest BCUT2D eigenvalue weighted by Crippen LogP contribution is -2.51. The van der Waals surface area contributed by atoms with Crippen molar-refractivity contribution >= 4 is 11.8 Å². The van der Waals surface area contributed by atoms with Crippen LogP contribution in [0.25, 0.3) is 0 Å². The van der Waals surface area contributed by atoms with Crippen LogP contribution in [-0.4, -0.2) is 62.7 Å². The minimum atomic E-state index is -0.0327. The van der Waals surface area contributed by atoms with Gasteiger partial charge in [0.2, 0.25) is 5.91 Å². The third-order valence-corrected chi connectivity index (χ3v) is 5.94. The maximum Gasteiger partial charge on any atom is 0.257 e. The van der Waals surface area contributed by atoms with Gasteiger partial charge in [-0.1, -0.05) is 35.5 Å². The van der Waals surface area contributed by atoms with Gasteiger partial charge >= 0.3 is 0 Å². The van der Waals surface area contributed by atoms with E-state index in [-0.39, 0.29) is 18.2 Å². The minimum Gasteiger partial charge on any atom is -0.361 e. The fourth-order valence-corrected chi connectivity index (χ4v) is 3.92. The second kappa shape index (κ2) is 8.75. The lowest BCUT2D eigenvalue weighted by atomic mass is 10.1. The zero-order valence-electron chi connectivity index (χ0n) is 18.2. The molecule has 2 amide bonds. The summed E-state index contributed by atoms with van der Waals surface area (Å²) in [4.78, 5) is 29.4. The highest BCUT2D eigenvalue weighted by molar-refractivity contribution is 5.95. The lowest BCUT2D eigenvalue weighted by molar-refractivity contribution is -0.131. The van der Waals surface area contributed by atoms with Gasteiger partial charge in [-0.15, -0.1) is 0 Å². The maximum atomic E-state index is 13.1. The average Bonchev–Trinajstić information content (AvgIpc) is 3.30. The molecule has 0 saturated carbocycles. The summed E-state index contributed by atoms with van der Waals surface area (Å²) in [5, 5.41) is 8.33. The quantitative estimate of drug-likeness (QED) is 0.632. The smallest absolute Gasteiger partial charge is 0.257 e. The third-order valence-electron chi connectivity index (χ3n) is 5.94. The van der Waals surface area contributed by atoms with E-state index < -0.39 is 0 Å². The van der Waals surface area contributed by atoms with E-state index in [2.05, 4.69) is 10.3 Å². The molecule has 1 fully saturated rings. The van der Waals surface area contributed by atoms with E-state index in [4.69, 9.17) is 4.52 Å². The Kier molecular flexibility index (Phi) is 5.88. The van der Waals surface area contributed by atoms with Crippen LogP contribution in [0.4, 0.5) is 0 Å². The molecule has 31 heavy (non-hydrogen) atoms. The molecule has 0 bridgehead atoms. The molecule has 162 valence electrons. The maximum absolute atomic E-state index is 13.1. The first-order chi connectivity index (χ1) is 14.9. The standard InChI is InChI=1S/C23H27N5O3/c1-16-20(18(3)31-25-16)13-22(29)26-9-11-27(12-10-26)23(30)21-14-24-28(17(21)2)15-19-7-5-4-6-8-19/h4-8,14H,9-13,15H2,1-3H3. The summed E-state index contributed by atoms with van der Waals surface area (Å²) in [6, 6.07) is 10.1. The Balaban J connectivity index is 1.36. The monoisotopic (exact) mass is 421 g/mol. The average molecular weight is 422 g/mol. The Bertz CT molecular complexity index is 1060. The summed E-state index contributed by atoms with van der Waals surface area (Å²) >= 11 is 0. The summed E-state index contributed by atoms with van der Waals surface area (Å²) < 4.78 is 7.00. The van der Waals surface area contributed by atoms with Gasteiger partial charge in [-0.3, -0.25) is 14.3 Å². The number of carbonyl (C=O) groups excluding carboxylic acids is 2. The van der Waals surface area contributed by atoms with Crippen LogP contribution in [-0.2, 0) is 17.8 Å². The van der Waals surface area contributed by atoms with E-state index in [1.807, 2.05) is 55.8 Å². The van der Waals surface area contributed by atoms with Crippen molar-refractivity contribution in [1.82, 2.24) is 24.7 Å². The molecular formula is C23H27N5O3. The molecule has 3 aromatic rings. The number of aryl methyl sites for hydroxylation is 2. The molecule has 1 saturated heterocycles. The first-order valence-electron chi connectivity index (χ1n) is 10.5. The number of aromatic nitrogens is 3. The van der Waals surface area contributed by atoms with Gasteiger partial charge in [0.1, 0.15) is 5.76 Å². The number of hydrogen-bond acceptors (Lipinski definition) is 5. The normalized spacial score (nSPS) is 14.2. The summed E-state index contributed by atoms with van der Waals surface area (Å²) in [6.07, 6.45) is 1.93. The minimum absolute atomic E-state index is 0.0327. The Labute approximate surface area is 181 Å². The largest absolute Gasteiger partial charge is 0.361 e. The first kappa shape index (κ1) is 20.8. The number of hydrogen-bond donors (Lipinski definition) is 0. The van der Waals surface area contributed by atoms with E-state index in [1.54, 1.807) is 16.0 Å². The molecule has 1 aliphatic rings.